The molecule has 3 rings (SSSR count). The van der Waals surface area contributed by atoms with Gasteiger partial charge in [0.1, 0.15) is 12.6 Å². The molecule has 0 radical (unpaired) electrons. The van der Waals surface area contributed by atoms with E-state index in [1.807, 2.05) is 30.3 Å². The largest absolute Gasteiger partial charge is 0.355 e. The molecule has 3 aromatic carbocycles. The number of likely N-dealkylation sites (N-methyl/N-ethyl adjacent to an activating group) is 1. The lowest BCUT2D eigenvalue weighted by molar-refractivity contribution is -0.140. The van der Waals surface area contributed by atoms with Crippen LogP contribution in [0.1, 0.15) is 18.1 Å². The zero-order valence-corrected chi connectivity index (χ0v) is 25.0. The maximum absolute atomic E-state index is 14.0. The topological polar surface area (TPSA) is 86.8 Å². The minimum Gasteiger partial charge on any atom is -0.355 e. The van der Waals surface area contributed by atoms with Gasteiger partial charge in [0.25, 0.3) is 0 Å². The number of rotatable bonds is 11. The van der Waals surface area contributed by atoms with Crippen molar-refractivity contribution in [1.29, 1.82) is 0 Å². The summed E-state index contributed by atoms with van der Waals surface area (Å²) in [4.78, 5) is 28.6. The molecule has 0 spiro atoms. The molecule has 0 heterocycles. The lowest BCUT2D eigenvalue weighted by Gasteiger charge is -2.33. The number of anilines is 1. The molecule has 0 bridgehead atoms. The average Bonchev–Trinajstić information content (AvgIpc) is 2.85. The van der Waals surface area contributed by atoms with Crippen molar-refractivity contribution in [2.75, 3.05) is 23.7 Å². The summed E-state index contributed by atoms with van der Waals surface area (Å²) in [6.07, 6.45) is 1.16. The molecule has 3 aromatic rings. The van der Waals surface area contributed by atoms with Crippen molar-refractivity contribution in [3.63, 3.8) is 0 Å². The molecule has 7 nitrogen and oxygen atoms in total. The Labute approximate surface area is 248 Å². The predicted molar refractivity (Wildman–Crippen MR) is 158 cm³/mol. The molecule has 12 heteroatoms. The number of carbonyl (C=O) groups is 2. The lowest BCUT2D eigenvalue weighted by atomic mass is 10.0. The fourth-order valence-electron chi connectivity index (χ4n) is 3.98. The highest BCUT2D eigenvalue weighted by molar-refractivity contribution is 7.92. The summed E-state index contributed by atoms with van der Waals surface area (Å²) in [6, 6.07) is 17.3. The molecular formula is C27H27Cl4N3O4S. The van der Waals surface area contributed by atoms with Crippen molar-refractivity contribution in [3.05, 3.63) is 97.9 Å². The lowest BCUT2D eigenvalue weighted by Crippen LogP contribution is -2.53. The van der Waals surface area contributed by atoms with Gasteiger partial charge in [-0.3, -0.25) is 13.9 Å². The second-order valence-corrected chi connectivity index (χ2v) is 12.4. The second kappa shape index (κ2) is 13.7. The number of carbonyl (C=O) groups excluding carboxylic acids is 2. The number of hydrogen-bond acceptors (Lipinski definition) is 4. The number of nitrogens with zero attached hydrogens (tertiary/aromatic N) is 2. The normalized spacial score (nSPS) is 12.1. The molecule has 0 aromatic heterocycles. The number of halogens is 4. The van der Waals surface area contributed by atoms with Crippen molar-refractivity contribution >= 4 is 73.9 Å². The highest BCUT2D eigenvalue weighted by atomic mass is 35.5. The maximum Gasteiger partial charge on any atom is 0.244 e. The quantitative estimate of drug-likeness (QED) is 0.288. The van der Waals surface area contributed by atoms with Gasteiger partial charge in [-0.15, -0.1) is 0 Å². The number of nitrogens with one attached hydrogen (secondary N) is 1. The first-order valence-corrected chi connectivity index (χ1v) is 15.2. The highest BCUT2D eigenvalue weighted by Gasteiger charge is 2.33. The van der Waals surface area contributed by atoms with E-state index in [2.05, 4.69) is 5.32 Å². The summed E-state index contributed by atoms with van der Waals surface area (Å²) >= 11 is 24.7. The van der Waals surface area contributed by atoms with E-state index in [1.54, 1.807) is 19.1 Å². The maximum atomic E-state index is 14.0. The Morgan fingerprint density at radius 1 is 0.897 bits per heavy atom. The zero-order chi connectivity index (χ0) is 28.7. The van der Waals surface area contributed by atoms with Gasteiger partial charge in [0, 0.05) is 39.6 Å². The van der Waals surface area contributed by atoms with Crippen LogP contribution in [0.5, 0.6) is 0 Å². The minimum atomic E-state index is -3.96. The molecule has 0 aliphatic heterocycles. The van der Waals surface area contributed by atoms with E-state index < -0.39 is 34.4 Å². The first kappa shape index (κ1) is 31.0. The van der Waals surface area contributed by atoms with Crippen LogP contribution in [0.4, 0.5) is 5.69 Å². The Kier molecular flexibility index (Phi) is 10.9. The third-order valence-corrected chi connectivity index (χ3v) is 7.96. The van der Waals surface area contributed by atoms with Crippen LogP contribution < -0.4 is 9.62 Å². The van der Waals surface area contributed by atoms with Gasteiger partial charge >= 0.3 is 0 Å². The van der Waals surface area contributed by atoms with Crippen LogP contribution in [0.2, 0.25) is 20.1 Å². The predicted octanol–water partition coefficient (Wildman–Crippen LogP) is 5.84. The van der Waals surface area contributed by atoms with Crippen LogP contribution in [-0.2, 0) is 32.6 Å². The average molecular weight is 631 g/mol. The van der Waals surface area contributed by atoms with Gasteiger partial charge in [-0.2, -0.15) is 0 Å². The fourth-order valence-corrected chi connectivity index (χ4v) is 5.79. The van der Waals surface area contributed by atoms with Crippen molar-refractivity contribution in [2.45, 2.75) is 25.9 Å². The Hall–Kier alpha value is -2.49. The SMILES string of the molecule is CCNC(=O)[C@@H](Cc1ccccc1)N(Cc1ccc(Cl)cc1Cl)C(=O)CN(c1cc(Cl)cc(Cl)c1)S(C)(=O)=O. The Morgan fingerprint density at radius 3 is 2.10 bits per heavy atom. The van der Waals surface area contributed by atoms with Gasteiger partial charge in [0.2, 0.25) is 21.8 Å². The van der Waals surface area contributed by atoms with E-state index in [4.69, 9.17) is 46.4 Å². The van der Waals surface area contributed by atoms with E-state index in [9.17, 15) is 18.0 Å². The molecule has 39 heavy (non-hydrogen) atoms. The summed E-state index contributed by atoms with van der Waals surface area (Å²) in [7, 11) is -3.96. The molecule has 208 valence electrons. The third kappa shape index (κ3) is 8.75. The fraction of sp³-hybridized carbons (Fsp3) is 0.259. The van der Waals surface area contributed by atoms with Crippen LogP contribution in [0.3, 0.4) is 0 Å². The van der Waals surface area contributed by atoms with Crippen LogP contribution >= 0.6 is 46.4 Å². The molecule has 1 atom stereocenters. The number of hydrogen-bond donors (Lipinski definition) is 1. The van der Waals surface area contributed by atoms with Crippen LogP contribution in [-0.4, -0.2) is 50.5 Å². The van der Waals surface area contributed by atoms with Crippen LogP contribution in [0.25, 0.3) is 0 Å². The molecule has 0 saturated heterocycles. The molecule has 0 fully saturated rings. The highest BCUT2D eigenvalue weighted by Crippen LogP contribution is 2.28. The molecular weight excluding hydrogens is 604 g/mol. The molecule has 2 amide bonds. The number of benzene rings is 3. The van der Waals surface area contributed by atoms with Gasteiger partial charge in [0.15, 0.2) is 0 Å². The third-order valence-electron chi connectivity index (χ3n) is 5.79. The van der Waals surface area contributed by atoms with E-state index in [0.717, 1.165) is 16.1 Å². The van der Waals surface area contributed by atoms with Gasteiger partial charge in [-0.05, 0) is 48.4 Å². The number of sulfonamides is 1. The molecule has 0 unspecified atom stereocenters. The first-order chi connectivity index (χ1) is 18.4. The summed E-state index contributed by atoms with van der Waals surface area (Å²) in [6.45, 7) is 1.43. The smallest absolute Gasteiger partial charge is 0.244 e. The van der Waals surface area contributed by atoms with E-state index >= 15 is 0 Å². The minimum absolute atomic E-state index is 0.0720. The molecule has 1 N–H and O–H groups in total. The van der Waals surface area contributed by atoms with Crippen molar-refractivity contribution in [1.82, 2.24) is 10.2 Å². The number of amides is 2. The molecule has 0 aliphatic carbocycles. The van der Waals surface area contributed by atoms with Gasteiger partial charge in [-0.25, -0.2) is 8.42 Å². The van der Waals surface area contributed by atoms with Crippen LogP contribution in [0.15, 0.2) is 66.7 Å². The van der Waals surface area contributed by atoms with Crippen molar-refractivity contribution < 1.29 is 18.0 Å². The second-order valence-electron chi connectivity index (χ2n) is 8.75. The van der Waals surface area contributed by atoms with Crippen LogP contribution in [0, 0.1) is 0 Å². The Balaban J connectivity index is 2.08. The van der Waals surface area contributed by atoms with E-state index in [-0.39, 0.29) is 28.7 Å². The summed E-state index contributed by atoms with van der Waals surface area (Å²) < 4.78 is 26.5. The van der Waals surface area contributed by atoms with Gasteiger partial charge in [0.05, 0.1) is 11.9 Å². The zero-order valence-electron chi connectivity index (χ0n) is 21.2. The summed E-state index contributed by atoms with van der Waals surface area (Å²) in [5, 5.41) is 3.90. The molecule has 0 aliphatic rings. The Morgan fingerprint density at radius 2 is 1.54 bits per heavy atom. The van der Waals surface area contributed by atoms with Gasteiger partial charge < -0.3 is 10.2 Å². The molecule has 0 saturated carbocycles. The van der Waals surface area contributed by atoms with E-state index in [1.165, 1.54) is 29.2 Å². The standard InChI is InChI=1S/C27H27Cl4N3O4S/c1-3-32-27(36)25(11-18-7-5-4-6-8-18)33(16-19-9-10-20(28)15-24(19)31)26(35)17-34(39(2,37)38)23-13-21(29)12-22(30)14-23/h4-10,12-15,25H,3,11,16-17H2,1-2H3,(H,32,36)/t25-/m1/s1. The monoisotopic (exact) mass is 629 g/mol. The first-order valence-electron chi connectivity index (χ1n) is 11.9. The van der Waals surface area contributed by atoms with E-state index in [0.29, 0.717) is 22.2 Å². The summed E-state index contributed by atoms with van der Waals surface area (Å²) in [5.74, 6) is -1.02. The Bertz CT molecular complexity index is 1420. The van der Waals surface area contributed by atoms with Crippen molar-refractivity contribution in [3.8, 4) is 0 Å². The van der Waals surface area contributed by atoms with Gasteiger partial charge in [-0.1, -0.05) is 82.8 Å². The summed E-state index contributed by atoms with van der Waals surface area (Å²) in [5.41, 5.74) is 1.47. The van der Waals surface area contributed by atoms with Crippen molar-refractivity contribution in [2.24, 2.45) is 0 Å².